The van der Waals surface area contributed by atoms with Crippen molar-refractivity contribution in [3.63, 3.8) is 0 Å². The maximum atomic E-state index is 13.1. The Bertz CT molecular complexity index is 1590. The van der Waals surface area contributed by atoms with Crippen molar-refractivity contribution in [3.05, 3.63) is 44.7 Å². The Morgan fingerprint density at radius 2 is 2.07 bits per heavy atom. The second-order valence-electron chi connectivity index (χ2n) is 9.27. The molecule has 3 atom stereocenters. The normalized spacial score (nSPS) is 18.6. The number of oxime groups is 1. The molecule has 21 heteroatoms. The summed E-state index contributed by atoms with van der Waals surface area (Å²) < 4.78 is 0.0178. The van der Waals surface area contributed by atoms with Crippen molar-refractivity contribution in [2.24, 2.45) is 16.6 Å². The number of β-lactam (4-membered cyclic amide) rings is 1. The Kier molecular flexibility index (Phi) is 11.6. The second kappa shape index (κ2) is 15.1. The number of aliphatic carboxylic acids is 1. The van der Waals surface area contributed by atoms with Gasteiger partial charge in [0.1, 0.15) is 27.1 Å². The molecular weight excluding hydrogens is 690 g/mol. The van der Waals surface area contributed by atoms with E-state index in [4.69, 9.17) is 28.8 Å². The topological polar surface area (TPSA) is 269 Å². The largest absolute Gasteiger partial charge is 0.477 e. The number of nitrogens with one attached hydrogen (secondary N) is 2. The van der Waals surface area contributed by atoms with Crippen molar-refractivity contribution in [1.29, 1.82) is 0 Å². The Morgan fingerprint density at radius 3 is 2.71 bits per heavy atom. The van der Waals surface area contributed by atoms with Crippen LogP contribution in [0, 0.1) is 0 Å². The first-order valence-electron chi connectivity index (χ1n) is 12.8. The van der Waals surface area contributed by atoms with Crippen LogP contribution >= 0.6 is 58.2 Å². The molecule has 16 nitrogen and oxygen atoms in total. The van der Waals surface area contributed by atoms with E-state index in [-0.39, 0.29) is 33.0 Å². The number of anilines is 1. The lowest BCUT2D eigenvalue weighted by atomic mass is 10.0. The molecule has 240 valence electrons. The number of nitrogen functional groups attached to an aromatic ring is 1. The predicted molar refractivity (Wildman–Crippen MR) is 171 cm³/mol. The van der Waals surface area contributed by atoms with Gasteiger partial charge in [-0.1, -0.05) is 39.9 Å². The monoisotopic (exact) mass is 715 g/mol. The summed E-state index contributed by atoms with van der Waals surface area (Å²) in [5.41, 5.74) is 16.2. The standard InChI is InChI=1S/C24H26ClN9O7S4/c25-18-14(32-24(28)45-18)15(33-41)20(37)31-16-21(38)34-17(23(39)40)12(8-43-22(16)34)44-11-1-2-29-6-9(11)7-42-4-3-30-19(36)10(26)5-13(27)35/h1-2,6,10,16,22,41H,3-5,7-8,26H2,(H2,27,35)(H2,28,32)(H,30,36)(H,31,37)(H,39,40)/b33-15-/t10-,16+,22-/m0/s1. The van der Waals surface area contributed by atoms with Crippen molar-refractivity contribution < 1.29 is 34.3 Å². The molecule has 4 heterocycles. The molecule has 0 spiro atoms. The van der Waals surface area contributed by atoms with Gasteiger partial charge < -0.3 is 38.1 Å². The van der Waals surface area contributed by atoms with E-state index >= 15 is 0 Å². The van der Waals surface area contributed by atoms with Crippen LogP contribution in [0.2, 0.25) is 4.34 Å². The number of hydrogen-bond acceptors (Lipinski definition) is 15. The number of thiazole rings is 1. The zero-order valence-electron chi connectivity index (χ0n) is 23.0. The molecule has 4 amide bonds. The number of fused-ring (bicyclic) bond motifs is 1. The van der Waals surface area contributed by atoms with Crippen LogP contribution in [0.15, 0.2) is 39.1 Å². The number of hydrogen-bond donors (Lipinski definition) is 7. The summed E-state index contributed by atoms with van der Waals surface area (Å²) in [6, 6.07) is -0.368. The van der Waals surface area contributed by atoms with Crippen LogP contribution in [0.5, 0.6) is 0 Å². The van der Waals surface area contributed by atoms with Gasteiger partial charge >= 0.3 is 5.97 Å². The quantitative estimate of drug-likeness (QED) is 0.0446. The van der Waals surface area contributed by atoms with E-state index in [9.17, 15) is 34.3 Å². The number of thioether (sulfide) groups is 3. The average molecular weight is 716 g/mol. The van der Waals surface area contributed by atoms with Gasteiger partial charge in [-0.2, -0.15) is 11.8 Å². The summed E-state index contributed by atoms with van der Waals surface area (Å²) in [7, 11) is 0. The van der Waals surface area contributed by atoms with Gasteiger partial charge in [-0.05, 0) is 11.6 Å². The van der Waals surface area contributed by atoms with E-state index in [1.807, 2.05) is 0 Å². The number of rotatable bonds is 14. The molecule has 2 aromatic heterocycles. The maximum absolute atomic E-state index is 13.1. The number of amides is 4. The van der Waals surface area contributed by atoms with Crippen LogP contribution in [-0.2, 0) is 29.7 Å². The number of carboxylic acids is 1. The minimum absolute atomic E-state index is 0.0178. The third-order valence-corrected chi connectivity index (χ3v) is 11.0. The minimum atomic E-state index is -1.31. The highest BCUT2D eigenvalue weighted by atomic mass is 35.5. The molecule has 0 aliphatic carbocycles. The van der Waals surface area contributed by atoms with Gasteiger partial charge in [-0.3, -0.25) is 29.1 Å². The number of carboxylic acid groups (broad SMARTS) is 1. The van der Waals surface area contributed by atoms with Crippen molar-refractivity contribution in [2.75, 3.05) is 23.8 Å². The first-order chi connectivity index (χ1) is 21.4. The molecule has 1 saturated heterocycles. The molecule has 2 aromatic rings. The fourth-order valence-corrected chi connectivity index (χ4v) is 8.59. The summed E-state index contributed by atoms with van der Waals surface area (Å²) in [5.74, 6) is -2.80. The van der Waals surface area contributed by atoms with Crippen molar-refractivity contribution in [1.82, 2.24) is 25.5 Å². The van der Waals surface area contributed by atoms with Crippen LogP contribution in [-0.4, -0.2) is 96.0 Å². The highest BCUT2D eigenvalue weighted by Crippen LogP contribution is 2.46. The molecule has 45 heavy (non-hydrogen) atoms. The molecule has 0 radical (unpaired) electrons. The molecule has 0 aromatic carbocycles. The predicted octanol–water partition coefficient (Wildman–Crippen LogP) is -0.00750. The van der Waals surface area contributed by atoms with Crippen LogP contribution in [0.25, 0.3) is 0 Å². The molecule has 2 aliphatic rings. The molecule has 2 aliphatic heterocycles. The number of carbonyl (C=O) groups excluding carboxylic acids is 4. The zero-order chi connectivity index (χ0) is 32.8. The van der Waals surface area contributed by atoms with Gasteiger partial charge in [-0.15, -0.1) is 11.8 Å². The summed E-state index contributed by atoms with van der Waals surface area (Å²) >= 11 is 10.9. The van der Waals surface area contributed by atoms with E-state index in [2.05, 4.69) is 25.8 Å². The van der Waals surface area contributed by atoms with Gasteiger partial charge in [0.25, 0.3) is 11.8 Å². The lowest BCUT2D eigenvalue weighted by Crippen LogP contribution is -2.71. The fourth-order valence-electron chi connectivity index (χ4n) is 4.17. The highest BCUT2D eigenvalue weighted by molar-refractivity contribution is 8.06. The smallest absolute Gasteiger partial charge is 0.353 e. The van der Waals surface area contributed by atoms with E-state index in [0.717, 1.165) is 26.7 Å². The number of carbonyl (C=O) groups is 5. The number of pyridine rings is 1. The summed E-state index contributed by atoms with van der Waals surface area (Å²) in [6.45, 7) is 0.302. The molecule has 0 bridgehead atoms. The van der Waals surface area contributed by atoms with Crippen LogP contribution in [0.4, 0.5) is 5.13 Å². The van der Waals surface area contributed by atoms with Gasteiger partial charge in [0.15, 0.2) is 10.8 Å². The first-order valence-corrected chi connectivity index (χ1v) is 17.0. The number of aromatic nitrogens is 2. The average Bonchev–Trinajstić information content (AvgIpc) is 3.32. The first kappa shape index (κ1) is 34.3. The Labute approximate surface area is 277 Å². The second-order valence-corrected chi connectivity index (χ2v) is 14.2. The number of halogens is 1. The Morgan fingerprint density at radius 1 is 1.31 bits per heavy atom. The third-order valence-electron chi connectivity index (χ3n) is 6.22. The lowest BCUT2D eigenvalue weighted by molar-refractivity contribution is -0.150. The van der Waals surface area contributed by atoms with Crippen LogP contribution in [0.3, 0.4) is 0 Å². The molecule has 10 N–H and O–H groups in total. The van der Waals surface area contributed by atoms with Crippen LogP contribution in [0.1, 0.15) is 17.7 Å². The summed E-state index contributed by atoms with van der Waals surface area (Å²) in [5, 5.41) is 26.9. The summed E-state index contributed by atoms with van der Waals surface area (Å²) in [6.07, 6.45) is 2.97. The number of primary amides is 1. The zero-order valence-corrected chi connectivity index (χ0v) is 27.0. The summed E-state index contributed by atoms with van der Waals surface area (Å²) in [4.78, 5) is 71.5. The van der Waals surface area contributed by atoms with Gasteiger partial charge in [-0.25, -0.2) is 9.78 Å². The Hall–Kier alpha value is -3.56. The minimum Gasteiger partial charge on any atom is -0.477 e. The Balaban J connectivity index is 1.39. The highest BCUT2D eigenvalue weighted by Gasteiger charge is 2.54. The van der Waals surface area contributed by atoms with Gasteiger partial charge in [0.05, 0.1) is 12.5 Å². The SMILES string of the molecule is NC(=O)C[C@H](N)C(=O)NCCSCc1cnccc1SC1=C(C(=O)O)N2C(=O)[C@@H](NC(=O)/C(=N\O)c3nc(N)sc3Cl)[C@@H]2SC1. The fraction of sp³-hybridized carbons (Fsp3) is 0.333. The van der Waals surface area contributed by atoms with E-state index in [0.29, 0.717) is 23.0 Å². The van der Waals surface area contributed by atoms with E-state index < -0.39 is 52.8 Å². The maximum Gasteiger partial charge on any atom is 0.353 e. The van der Waals surface area contributed by atoms with Crippen molar-refractivity contribution in [2.45, 2.75) is 34.5 Å². The number of nitrogens with zero attached hydrogens (tertiary/aromatic N) is 4. The van der Waals surface area contributed by atoms with E-state index in [1.165, 1.54) is 35.3 Å². The molecule has 4 rings (SSSR count). The molecular formula is C24H26ClN9O7S4. The molecule has 1 fully saturated rings. The van der Waals surface area contributed by atoms with Crippen molar-refractivity contribution >= 4 is 98.7 Å². The number of nitrogens with two attached hydrogens (primary N) is 3. The van der Waals surface area contributed by atoms with E-state index in [1.54, 1.807) is 18.5 Å². The molecule has 0 saturated carbocycles. The lowest BCUT2D eigenvalue weighted by Gasteiger charge is -2.49. The van der Waals surface area contributed by atoms with Crippen LogP contribution < -0.4 is 27.8 Å². The van der Waals surface area contributed by atoms with Gasteiger partial charge in [0, 0.05) is 46.0 Å². The van der Waals surface area contributed by atoms with Crippen molar-refractivity contribution in [3.8, 4) is 0 Å². The third kappa shape index (κ3) is 8.00. The van der Waals surface area contributed by atoms with Gasteiger partial charge in [0.2, 0.25) is 11.8 Å². The molecule has 0 unspecified atom stereocenters.